The van der Waals surface area contributed by atoms with Crippen molar-refractivity contribution < 1.29 is 4.39 Å². The van der Waals surface area contributed by atoms with Crippen LogP contribution < -0.4 is 5.73 Å². The van der Waals surface area contributed by atoms with Crippen LogP contribution in [0.4, 0.5) is 4.39 Å². The molecule has 0 heterocycles. The van der Waals surface area contributed by atoms with Gasteiger partial charge >= 0.3 is 0 Å². The summed E-state index contributed by atoms with van der Waals surface area (Å²) in [5.41, 5.74) is 7.42. The van der Waals surface area contributed by atoms with Gasteiger partial charge in [-0.3, -0.25) is 0 Å². The zero-order valence-electron chi connectivity index (χ0n) is 8.39. The molecule has 1 aromatic rings. The standard InChI is InChI=1S/C12H13BrFN/c13-9-2-1-8(7-10(9)14)11(3-4-11)12(15)5-6-12/h1-2,7H,3-6,15H2. The Bertz CT molecular complexity index is 422. The lowest BCUT2D eigenvalue weighted by Gasteiger charge is -2.23. The Morgan fingerprint density at radius 3 is 2.33 bits per heavy atom. The van der Waals surface area contributed by atoms with Crippen LogP contribution in [0.15, 0.2) is 22.7 Å². The zero-order chi connectivity index (χ0) is 10.7. The van der Waals surface area contributed by atoms with Crippen molar-refractivity contribution in [2.45, 2.75) is 36.6 Å². The molecule has 0 aromatic heterocycles. The van der Waals surface area contributed by atoms with Crippen LogP contribution in [0.25, 0.3) is 0 Å². The maximum atomic E-state index is 13.5. The van der Waals surface area contributed by atoms with Crippen molar-refractivity contribution >= 4 is 15.9 Å². The van der Waals surface area contributed by atoms with Gasteiger partial charge in [-0.2, -0.15) is 0 Å². The van der Waals surface area contributed by atoms with Crippen LogP contribution >= 0.6 is 15.9 Å². The molecule has 0 unspecified atom stereocenters. The first-order valence-electron chi connectivity index (χ1n) is 5.32. The number of halogens is 2. The van der Waals surface area contributed by atoms with E-state index >= 15 is 0 Å². The number of rotatable bonds is 2. The smallest absolute Gasteiger partial charge is 0.137 e. The summed E-state index contributed by atoms with van der Waals surface area (Å²) in [6.45, 7) is 0. The van der Waals surface area contributed by atoms with Crippen molar-refractivity contribution in [3.63, 3.8) is 0 Å². The Morgan fingerprint density at radius 2 is 1.87 bits per heavy atom. The molecular weight excluding hydrogens is 257 g/mol. The number of hydrogen-bond donors (Lipinski definition) is 1. The lowest BCUT2D eigenvalue weighted by Crippen LogP contribution is -2.37. The van der Waals surface area contributed by atoms with E-state index in [4.69, 9.17) is 5.73 Å². The van der Waals surface area contributed by atoms with Gasteiger partial charge in [0.05, 0.1) is 4.47 Å². The third kappa shape index (κ3) is 1.29. The van der Waals surface area contributed by atoms with E-state index in [1.54, 1.807) is 12.1 Å². The van der Waals surface area contributed by atoms with E-state index in [0.29, 0.717) is 4.47 Å². The van der Waals surface area contributed by atoms with Crippen molar-refractivity contribution in [2.24, 2.45) is 5.73 Å². The highest BCUT2D eigenvalue weighted by Gasteiger charge is 2.64. The Kier molecular flexibility index (Phi) is 1.85. The van der Waals surface area contributed by atoms with Gasteiger partial charge in [0, 0.05) is 11.0 Å². The summed E-state index contributed by atoms with van der Waals surface area (Å²) in [6, 6.07) is 5.44. The molecular formula is C12H13BrFN. The molecule has 0 radical (unpaired) electrons. The molecule has 2 aliphatic rings. The van der Waals surface area contributed by atoms with E-state index in [9.17, 15) is 4.39 Å². The van der Waals surface area contributed by atoms with Gasteiger partial charge in [0.2, 0.25) is 0 Å². The molecule has 0 aliphatic heterocycles. The van der Waals surface area contributed by atoms with Crippen molar-refractivity contribution in [1.29, 1.82) is 0 Å². The van der Waals surface area contributed by atoms with E-state index in [-0.39, 0.29) is 16.8 Å². The summed E-state index contributed by atoms with van der Waals surface area (Å²) in [6.07, 6.45) is 4.41. The highest BCUT2D eigenvalue weighted by atomic mass is 79.9. The van der Waals surface area contributed by atoms with Crippen LogP contribution in [-0.2, 0) is 5.41 Å². The summed E-state index contributed by atoms with van der Waals surface area (Å²) in [5, 5.41) is 0. The molecule has 0 bridgehead atoms. The summed E-state index contributed by atoms with van der Waals surface area (Å²) < 4.78 is 14.0. The van der Waals surface area contributed by atoms with Crippen LogP contribution in [-0.4, -0.2) is 5.54 Å². The van der Waals surface area contributed by atoms with Gasteiger partial charge in [-0.05, 0) is 59.3 Å². The lowest BCUT2D eigenvalue weighted by molar-refractivity contribution is 0.498. The second-order valence-corrected chi connectivity index (χ2v) is 5.72. The van der Waals surface area contributed by atoms with E-state index < -0.39 is 0 Å². The monoisotopic (exact) mass is 269 g/mol. The van der Waals surface area contributed by atoms with Gasteiger partial charge < -0.3 is 5.73 Å². The maximum absolute atomic E-state index is 13.5. The number of nitrogens with two attached hydrogens (primary N) is 1. The van der Waals surface area contributed by atoms with Crippen molar-refractivity contribution in [1.82, 2.24) is 0 Å². The van der Waals surface area contributed by atoms with Gasteiger partial charge in [-0.1, -0.05) is 6.07 Å². The second kappa shape index (κ2) is 2.83. The first-order valence-corrected chi connectivity index (χ1v) is 6.11. The Hall–Kier alpha value is -0.410. The fourth-order valence-electron chi connectivity index (χ4n) is 2.61. The molecule has 15 heavy (non-hydrogen) atoms. The molecule has 0 atom stereocenters. The average Bonchev–Trinajstić information content (AvgIpc) is 3.05. The first kappa shape index (κ1) is 9.79. The molecule has 80 valence electrons. The molecule has 1 nitrogen and oxygen atoms in total. The SMILES string of the molecule is NC1(C2(c3ccc(Br)c(F)c3)CC2)CC1. The summed E-state index contributed by atoms with van der Waals surface area (Å²) in [7, 11) is 0. The minimum Gasteiger partial charge on any atom is -0.324 e. The zero-order valence-corrected chi connectivity index (χ0v) is 9.98. The van der Waals surface area contributed by atoms with E-state index in [1.165, 1.54) is 0 Å². The summed E-state index contributed by atoms with van der Waals surface area (Å²) in [5.74, 6) is -0.178. The van der Waals surface area contributed by atoms with E-state index in [0.717, 1.165) is 31.2 Å². The average molecular weight is 270 g/mol. The Balaban J connectivity index is 2.03. The largest absolute Gasteiger partial charge is 0.324 e. The fourth-order valence-corrected chi connectivity index (χ4v) is 2.85. The first-order chi connectivity index (χ1) is 7.07. The number of hydrogen-bond acceptors (Lipinski definition) is 1. The summed E-state index contributed by atoms with van der Waals surface area (Å²) >= 11 is 3.18. The highest BCUT2D eigenvalue weighted by molar-refractivity contribution is 9.10. The quantitative estimate of drug-likeness (QED) is 0.878. The topological polar surface area (TPSA) is 26.0 Å². The minimum absolute atomic E-state index is 0.0345. The molecule has 2 N–H and O–H groups in total. The van der Waals surface area contributed by atoms with Crippen molar-refractivity contribution in [3.8, 4) is 0 Å². The Morgan fingerprint density at radius 1 is 1.20 bits per heavy atom. The molecule has 2 aliphatic carbocycles. The minimum atomic E-state index is -0.178. The van der Waals surface area contributed by atoms with Gasteiger partial charge in [0.15, 0.2) is 0 Å². The molecule has 1 aromatic carbocycles. The molecule has 0 saturated heterocycles. The fraction of sp³-hybridized carbons (Fsp3) is 0.500. The van der Waals surface area contributed by atoms with Crippen molar-refractivity contribution in [2.75, 3.05) is 0 Å². The maximum Gasteiger partial charge on any atom is 0.137 e. The van der Waals surface area contributed by atoms with E-state index in [2.05, 4.69) is 15.9 Å². The molecule has 0 amide bonds. The third-order valence-electron chi connectivity index (χ3n) is 3.96. The molecule has 3 rings (SSSR count). The molecule has 0 spiro atoms. The van der Waals surface area contributed by atoms with Gasteiger partial charge in [-0.15, -0.1) is 0 Å². The van der Waals surface area contributed by atoms with Crippen LogP contribution in [0.5, 0.6) is 0 Å². The predicted octanol–water partition coefficient (Wildman–Crippen LogP) is 3.11. The molecule has 2 saturated carbocycles. The van der Waals surface area contributed by atoms with Gasteiger partial charge in [-0.25, -0.2) is 4.39 Å². The second-order valence-electron chi connectivity index (χ2n) is 4.87. The predicted molar refractivity (Wildman–Crippen MR) is 61.2 cm³/mol. The van der Waals surface area contributed by atoms with Crippen LogP contribution in [0.1, 0.15) is 31.2 Å². The number of benzene rings is 1. The lowest BCUT2D eigenvalue weighted by atomic mass is 9.86. The van der Waals surface area contributed by atoms with Gasteiger partial charge in [0.1, 0.15) is 5.82 Å². The third-order valence-corrected chi connectivity index (χ3v) is 4.61. The Labute approximate surface area is 97.0 Å². The van der Waals surface area contributed by atoms with Crippen LogP contribution in [0, 0.1) is 5.82 Å². The van der Waals surface area contributed by atoms with Crippen LogP contribution in [0.3, 0.4) is 0 Å². The van der Waals surface area contributed by atoms with Gasteiger partial charge in [0.25, 0.3) is 0 Å². The normalized spacial score (nSPS) is 25.0. The summed E-state index contributed by atoms with van der Waals surface area (Å²) in [4.78, 5) is 0. The van der Waals surface area contributed by atoms with Crippen molar-refractivity contribution in [3.05, 3.63) is 34.1 Å². The van der Waals surface area contributed by atoms with E-state index in [1.807, 2.05) is 6.07 Å². The highest BCUT2D eigenvalue weighted by Crippen LogP contribution is 2.63. The molecule has 2 fully saturated rings. The van der Waals surface area contributed by atoms with Crippen LogP contribution in [0.2, 0.25) is 0 Å². The molecule has 3 heteroatoms.